The molecule has 5 nitrogen and oxygen atoms in total. The van der Waals surface area contributed by atoms with Crippen molar-refractivity contribution in [3.05, 3.63) is 91.8 Å². The maximum absolute atomic E-state index is 13.5. The van der Waals surface area contributed by atoms with Crippen molar-refractivity contribution >= 4 is 40.3 Å². The van der Waals surface area contributed by atoms with Crippen LogP contribution in [0.15, 0.2) is 60.2 Å². The van der Waals surface area contributed by atoms with E-state index in [0.29, 0.717) is 34.9 Å². The Morgan fingerprint density at radius 1 is 1.15 bits per heavy atom. The van der Waals surface area contributed by atoms with Gasteiger partial charge in [-0.15, -0.1) is 0 Å². The van der Waals surface area contributed by atoms with Crippen LogP contribution in [-0.2, 0) is 11.4 Å². The molecular formula is C27H24FIN2O3. The van der Waals surface area contributed by atoms with Crippen LogP contribution in [0.4, 0.5) is 10.1 Å². The van der Waals surface area contributed by atoms with Gasteiger partial charge in [0.05, 0.1) is 10.2 Å². The van der Waals surface area contributed by atoms with Crippen LogP contribution < -0.4 is 14.8 Å². The number of ether oxygens (including phenoxy) is 2. The molecule has 0 aliphatic carbocycles. The highest BCUT2D eigenvalue weighted by Crippen LogP contribution is 2.35. The van der Waals surface area contributed by atoms with Gasteiger partial charge in [-0.25, -0.2) is 4.39 Å². The molecule has 3 aromatic carbocycles. The average Bonchev–Trinajstić information content (AvgIpc) is 2.80. The van der Waals surface area contributed by atoms with E-state index >= 15 is 0 Å². The molecule has 0 bridgehead atoms. The average molecular weight is 570 g/mol. The summed E-state index contributed by atoms with van der Waals surface area (Å²) in [5.74, 6) is 0.173. The Hall–Kier alpha value is -3.38. The largest absolute Gasteiger partial charge is 0.490 e. The zero-order valence-corrected chi connectivity index (χ0v) is 21.3. The number of halogens is 2. The number of aryl methyl sites for hydroxylation is 1. The van der Waals surface area contributed by atoms with Gasteiger partial charge in [-0.05, 0) is 102 Å². The molecule has 0 atom stereocenters. The van der Waals surface area contributed by atoms with Crippen molar-refractivity contribution in [3.8, 4) is 17.6 Å². The predicted molar refractivity (Wildman–Crippen MR) is 139 cm³/mol. The second-order valence-electron chi connectivity index (χ2n) is 7.55. The maximum atomic E-state index is 13.5. The molecule has 174 valence electrons. The fourth-order valence-electron chi connectivity index (χ4n) is 3.25. The van der Waals surface area contributed by atoms with Crippen molar-refractivity contribution in [2.75, 3.05) is 11.9 Å². The van der Waals surface area contributed by atoms with Crippen LogP contribution in [0.1, 0.15) is 29.2 Å². The van der Waals surface area contributed by atoms with Gasteiger partial charge in [-0.3, -0.25) is 4.79 Å². The Labute approximate surface area is 212 Å². The highest BCUT2D eigenvalue weighted by molar-refractivity contribution is 14.1. The van der Waals surface area contributed by atoms with Crippen molar-refractivity contribution < 1.29 is 18.7 Å². The summed E-state index contributed by atoms with van der Waals surface area (Å²) in [4.78, 5) is 12.8. The molecule has 0 saturated heterocycles. The smallest absolute Gasteiger partial charge is 0.266 e. The summed E-state index contributed by atoms with van der Waals surface area (Å²) >= 11 is 2.11. The Bertz CT molecular complexity index is 1280. The molecule has 1 N–H and O–H groups in total. The lowest BCUT2D eigenvalue weighted by Crippen LogP contribution is -2.14. The summed E-state index contributed by atoms with van der Waals surface area (Å²) in [6.07, 6.45) is 1.52. The summed E-state index contributed by atoms with van der Waals surface area (Å²) in [6.45, 7) is 6.30. The van der Waals surface area contributed by atoms with Crippen LogP contribution in [0.25, 0.3) is 6.08 Å². The van der Waals surface area contributed by atoms with E-state index in [1.165, 1.54) is 18.2 Å². The van der Waals surface area contributed by atoms with Crippen LogP contribution in [0, 0.1) is 34.6 Å². The summed E-state index contributed by atoms with van der Waals surface area (Å²) in [6, 6.07) is 17.3. The summed E-state index contributed by atoms with van der Waals surface area (Å²) in [7, 11) is 0. The molecular weight excluding hydrogens is 546 g/mol. The van der Waals surface area contributed by atoms with Crippen LogP contribution in [-0.4, -0.2) is 12.5 Å². The van der Waals surface area contributed by atoms with Crippen molar-refractivity contribution in [1.82, 2.24) is 0 Å². The van der Waals surface area contributed by atoms with E-state index in [1.807, 2.05) is 39.0 Å². The van der Waals surface area contributed by atoms with Crippen LogP contribution >= 0.6 is 22.6 Å². The van der Waals surface area contributed by atoms with Crippen molar-refractivity contribution in [1.29, 1.82) is 5.26 Å². The van der Waals surface area contributed by atoms with E-state index in [-0.39, 0.29) is 18.0 Å². The van der Waals surface area contributed by atoms with Gasteiger partial charge in [0.2, 0.25) is 0 Å². The van der Waals surface area contributed by atoms with Gasteiger partial charge in [0.1, 0.15) is 24.1 Å². The topological polar surface area (TPSA) is 71.3 Å². The second kappa shape index (κ2) is 11.7. The minimum atomic E-state index is -0.490. The van der Waals surface area contributed by atoms with Crippen molar-refractivity contribution in [2.24, 2.45) is 0 Å². The normalized spacial score (nSPS) is 11.0. The number of benzene rings is 3. The number of nitrogens with zero attached hydrogens (tertiary/aromatic N) is 1. The molecule has 7 heteroatoms. The zero-order chi connectivity index (χ0) is 24.7. The molecule has 0 aromatic heterocycles. The van der Waals surface area contributed by atoms with E-state index in [4.69, 9.17) is 9.47 Å². The SMILES string of the molecule is CCOc1cc(/C=C(\C#N)C(=O)Nc2cccc(C)c2C)cc(I)c1OCc1cccc(F)c1. The first kappa shape index (κ1) is 25.2. The molecule has 0 saturated carbocycles. The van der Waals surface area contributed by atoms with Crippen LogP contribution in [0.5, 0.6) is 11.5 Å². The molecule has 0 unspecified atom stereocenters. The molecule has 0 fully saturated rings. The number of rotatable bonds is 8. The van der Waals surface area contributed by atoms with Gasteiger partial charge >= 0.3 is 0 Å². The Balaban J connectivity index is 1.86. The second-order valence-corrected chi connectivity index (χ2v) is 8.72. The zero-order valence-electron chi connectivity index (χ0n) is 19.1. The third-order valence-electron chi connectivity index (χ3n) is 5.13. The number of anilines is 1. The first-order chi connectivity index (χ1) is 16.3. The third-order valence-corrected chi connectivity index (χ3v) is 5.93. The lowest BCUT2D eigenvalue weighted by atomic mass is 10.1. The molecule has 3 rings (SSSR count). The first-order valence-corrected chi connectivity index (χ1v) is 11.7. The Kier molecular flexibility index (Phi) is 8.66. The van der Waals surface area contributed by atoms with E-state index < -0.39 is 5.91 Å². The number of amides is 1. The highest BCUT2D eigenvalue weighted by atomic mass is 127. The summed E-state index contributed by atoms with van der Waals surface area (Å²) in [5.41, 5.74) is 3.94. The molecule has 0 aliphatic rings. The highest BCUT2D eigenvalue weighted by Gasteiger charge is 2.15. The number of nitriles is 1. The lowest BCUT2D eigenvalue weighted by molar-refractivity contribution is -0.112. The van der Waals surface area contributed by atoms with E-state index in [9.17, 15) is 14.4 Å². The predicted octanol–water partition coefficient (Wildman–Crippen LogP) is 6.57. The molecule has 1 amide bonds. The van der Waals surface area contributed by atoms with Crippen LogP contribution in [0.3, 0.4) is 0 Å². The van der Waals surface area contributed by atoms with Gasteiger partial charge in [0, 0.05) is 5.69 Å². The van der Waals surface area contributed by atoms with Crippen molar-refractivity contribution in [2.45, 2.75) is 27.4 Å². The van der Waals surface area contributed by atoms with Gasteiger partial charge in [-0.2, -0.15) is 5.26 Å². The first-order valence-electron chi connectivity index (χ1n) is 10.6. The summed E-state index contributed by atoms with van der Waals surface area (Å²) in [5, 5.41) is 12.4. The minimum Gasteiger partial charge on any atom is -0.490 e. The van der Waals surface area contributed by atoms with Gasteiger partial charge < -0.3 is 14.8 Å². The van der Waals surface area contributed by atoms with E-state index in [0.717, 1.165) is 14.7 Å². The fraction of sp³-hybridized carbons (Fsp3) is 0.185. The lowest BCUT2D eigenvalue weighted by Gasteiger charge is -2.15. The quantitative estimate of drug-likeness (QED) is 0.189. The number of hydrogen-bond donors (Lipinski definition) is 1. The Morgan fingerprint density at radius 2 is 1.91 bits per heavy atom. The monoisotopic (exact) mass is 570 g/mol. The summed E-state index contributed by atoms with van der Waals surface area (Å²) < 4.78 is 25.9. The van der Waals surface area contributed by atoms with E-state index in [2.05, 4.69) is 27.9 Å². The molecule has 0 spiro atoms. The van der Waals surface area contributed by atoms with E-state index in [1.54, 1.807) is 30.3 Å². The Morgan fingerprint density at radius 3 is 2.62 bits per heavy atom. The molecule has 3 aromatic rings. The van der Waals surface area contributed by atoms with Crippen molar-refractivity contribution in [3.63, 3.8) is 0 Å². The third kappa shape index (κ3) is 6.35. The molecule has 0 radical (unpaired) electrons. The number of nitrogens with one attached hydrogen (secondary N) is 1. The molecule has 34 heavy (non-hydrogen) atoms. The van der Waals surface area contributed by atoms with Gasteiger partial charge in [0.25, 0.3) is 5.91 Å². The number of carbonyl (C=O) groups is 1. The van der Waals surface area contributed by atoms with Gasteiger partial charge in [0.15, 0.2) is 11.5 Å². The van der Waals surface area contributed by atoms with Crippen LogP contribution in [0.2, 0.25) is 0 Å². The van der Waals surface area contributed by atoms with Gasteiger partial charge in [-0.1, -0.05) is 24.3 Å². The minimum absolute atomic E-state index is 0.0346. The molecule has 0 heterocycles. The number of carbonyl (C=O) groups excluding carboxylic acids is 1. The fourth-order valence-corrected chi connectivity index (χ4v) is 4.03. The number of hydrogen-bond acceptors (Lipinski definition) is 4. The standard InChI is InChI=1S/C27H24FIN2O3/c1-4-33-25-14-20(13-23(29)26(25)34-16-19-8-6-9-22(28)12-19)11-21(15-30)27(32)31-24-10-5-7-17(2)18(24)3/h5-14H,4,16H2,1-3H3,(H,31,32)/b21-11+. The molecule has 0 aliphatic heterocycles. The maximum Gasteiger partial charge on any atom is 0.266 e.